The number of aryl methyl sites for hydroxylation is 1. The fourth-order valence-corrected chi connectivity index (χ4v) is 3.56. The van der Waals surface area contributed by atoms with Gasteiger partial charge in [0.05, 0.1) is 19.4 Å². The molecule has 1 fully saturated rings. The number of methoxy groups -OCH3 is 1. The van der Waals surface area contributed by atoms with Crippen molar-refractivity contribution in [1.82, 2.24) is 5.32 Å². The first-order chi connectivity index (χ1) is 15.8. The Bertz CT molecular complexity index is 1100. The summed E-state index contributed by atoms with van der Waals surface area (Å²) >= 11 is 6.16. The lowest BCUT2D eigenvalue weighted by atomic mass is 10.1. The van der Waals surface area contributed by atoms with Gasteiger partial charge in [-0.2, -0.15) is 0 Å². The molecule has 0 unspecified atom stereocenters. The number of carbonyl (C=O) groups excluding carboxylic acids is 3. The number of urea groups is 1. The molecule has 1 N–H and O–H groups in total. The molecule has 33 heavy (non-hydrogen) atoms. The van der Waals surface area contributed by atoms with Crippen LogP contribution in [-0.2, 0) is 9.59 Å². The summed E-state index contributed by atoms with van der Waals surface area (Å²) in [6.45, 7) is 4.54. The zero-order valence-electron chi connectivity index (χ0n) is 18.9. The minimum atomic E-state index is -0.827. The van der Waals surface area contributed by atoms with E-state index in [2.05, 4.69) is 12.2 Å². The Morgan fingerprint density at radius 3 is 2.52 bits per heavy atom. The van der Waals surface area contributed by atoms with Gasteiger partial charge in [-0.05, 0) is 54.8 Å². The summed E-state index contributed by atoms with van der Waals surface area (Å²) in [5, 5.41) is 2.62. The number of barbiturate groups is 1. The number of hydrogen-bond donors (Lipinski definition) is 1. The van der Waals surface area contributed by atoms with E-state index in [4.69, 9.17) is 21.1 Å². The highest BCUT2D eigenvalue weighted by atomic mass is 35.5. The van der Waals surface area contributed by atoms with Crippen molar-refractivity contribution in [2.45, 2.75) is 39.5 Å². The van der Waals surface area contributed by atoms with E-state index in [1.807, 2.05) is 6.92 Å². The molecule has 0 aromatic heterocycles. The van der Waals surface area contributed by atoms with Crippen LogP contribution in [0.3, 0.4) is 0 Å². The molecule has 0 radical (unpaired) electrons. The van der Waals surface area contributed by atoms with Crippen molar-refractivity contribution in [2.24, 2.45) is 0 Å². The third-order valence-electron chi connectivity index (χ3n) is 5.27. The second-order valence-electron chi connectivity index (χ2n) is 7.71. The SMILES string of the molecule is CCCCCCOc1ccc(/C=C2\C(=O)NC(=O)N(c3ccc(C)c(Cl)c3)C2=O)cc1OC. The monoisotopic (exact) mass is 470 g/mol. The summed E-state index contributed by atoms with van der Waals surface area (Å²) in [6, 6.07) is 9.12. The highest BCUT2D eigenvalue weighted by molar-refractivity contribution is 6.39. The number of ether oxygens (including phenoxy) is 2. The van der Waals surface area contributed by atoms with E-state index < -0.39 is 17.8 Å². The second kappa shape index (κ2) is 11.0. The molecule has 0 saturated carbocycles. The summed E-state index contributed by atoms with van der Waals surface area (Å²) in [7, 11) is 1.52. The minimum Gasteiger partial charge on any atom is -0.493 e. The van der Waals surface area contributed by atoms with Gasteiger partial charge in [0.25, 0.3) is 11.8 Å². The van der Waals surface area contributed by atoms with Gasteiger partial charge in [0.2, 0.25) is 0 Å². The van der Waals surface area contributed by atoms with Crippen molar-refractivity contribution in [3.05, 3.63) is 58.1 Å². The Morgan fingerprint density at radius 2 is 1.82 bits per heavy atom. The Hall–Kier alpha value is -3.32. The van der Waals surface area contributed by atoms with Gasteiger partial charge in [0, 0.05) is 5.02 Å². The number of rotatable bonds is 9. The van der Waals surface area contributed by atoms with E-state index in [-0.39, 0.29) is 11.3 Å². The second-order valence-corrected chi connectivity index (χ2v) is 8.12. The van der Waals surface area contributed by atoms with Crippen LogP contribution in [0, 0.1) is 6.92 Å². The zero-order valence-corrected chi connectivity index (χ0v) is 19.7. The minimum absolute atomic E-state index is 0.179. The highest BCUT2D eigenvalue weighted by Gasteiger charge is 2.37. The standard InChI is InChI=1S/C25H27ClN2O5/c1-4-5-6-7-12-33-21-11-9-17(14-22(21)32-3)13-19-23(29)27-25(31)28(24(19)30)18-10-8-16(2)20(26)15-18/h8-11,13-15H,4-7,12H2,1-3H3,(H,27,29,31)/b19-13+. The molecule has 1 aliphatic heterocycles. The van der Waals surface area contributed by atoms with Gasteiger partial charge >= 0.3 is 6.03 Å². The summed E-state index contributed by atoms with van der Waals surface area (Å²) in [4.78, 5) is 38.8. The molecule has 1 saturated heterocycles. The van der Waals surface area contributed by atoms with E-state index in [1.165, 1.54) is 19.3 Å². The molecule has 0 atom stereocenters. The number of anilines is 1. The maximum absolute atomic E-state index is 13.1. The predicted octanol–water partition coefficient (Wildman–Crippen LogP) is 5.28. The van der Waals surface area contributed by atoms with E-state index in [1.54, 1.807) is 30.3 Å². The van der Waals surface area contributed by atoms with Crippen LogP contribution < -0.4 is 19.7 Å². The van der Waals surface area contributed by atoms with Crippen LogP contribution in [0.5, 0.6) is 11.5 Å². The van der Waals surface area contributed by atoms with Crippen LogP contribution in [0.4, 0.5) is 10.5 Å². The average Bonchev–Trinajstić information content (AvgIpc) is 2.79. The molecule has 2 aromatic carbocycles. The fourth-order valence-electron chi connectivity index (χ4n) is 3.38. The number of imide groups is 2. The van der Waals surface area contributed by atoms with Gasteiger partial charge < -0.3 is 9.47 Å². The normalized spacial score (nSPS) is 15.1. The maximum Gasteiger partial charge on any atom is 0.335 e. The van der Waals surface area contributed by atoms with Crippen molar-refractivity contribution < 1.29 is 23.9 Å². The molecule has 0 spiro atoms. The predicted molar refractivity (Wildman–Crippen MR) is 128 cm³/mol. The smallest absolute Gasteiger partial charge is 0.335 e. The van der Waals surface area contributed by atoms with Crippen molar-refractivity contribution in [3.8, 4) is 11.5 Å². The maximum atomic E-state index is 13.1. The number of halogens is 1. The van der Waals surface area contributed by atoms with Gasteiger partial charge in [0.15, 0.2) is 11.5 Å². The number of nitrogens with one attached hydrogen (secondary N) is 1. The average molecular weight is 471 g/mol. The summed E-state index contributed by atoms with van der Waals surface area (Å²) < 4.78 is 11.2. The van der Waals surface area contributed by atoms with Gasteiger partial charge in [0.1, 0.15) is 5.57 Å². The number of benzene rings is 2. The lowest BCUT2D eigenvalue weighted by Crippen LogP contribution is -2.54. The quantitative estimate of drug-likeness (QED) is 0.306. The van der Waals surface area contributed by atoms with Gasteiger partial charge in [-0.25, -0.2) is 9.69 Å². The molecule has 2 aromatic rings. The molecule has 1 aliphatic rings. The van der Waals surface area contributed by atoms with Crippen LogP contribution in [0.25, 0.3) is 6.08 Å². The summed E-state index contributed by atoms with van der Waals surface area (Å²) in [5.41, 5.74) is 1.45. The van der Waals surface area contributed by atoms with Crippen molar-refractivity contribution in [3.63, 3.8) is 0 Å². The van der Waals surface area contributed by atoms with Crippen LogP contribution in [-0.4, -0.2) is 31.6 Å². The molecule has 4 amide bonds. The Morgan fingerprint density at radius 1 is 1.03 bits per heavy atom. The molecule has 8 heteroatoms. The number of carbonyl (C=O) groups is 3. The number of amides is 4. The third-order valence-corrected chi connectivity index (χ3v) is 5.68. The molecule has 1 heterocycles. The van der Waals surface area contributed by atoms with Gasteiger partial charge in [-0.1, -0.05) is 49.9 Å². The van der Waals surface area contributed by atoms with Gasteiger partial charge in [-0.15, -0.1) is 0 Å². The molecule has 3 rings (SSSR count). The molecular formula is C25H27ClN2O5. The Labute approximate surface area is 198 Å². The van der Waals surface area contributed by atoms with Crippen LogP contribution in [0.2, 0.25) is 5.02 Å². The van der Waals surface area contributed by atoms with Crippen LogP contribution in [0.15, 0.2) is 42.0 Å². The van der Waals surface area contributed by atoms with Crippen LogP contribution in [0.1, 0.15) is 43.7 Å². The number of unbranched alkanes of at least 4 members (excludes halogenated alkanes) is 3. The van der Waals surface area contributed by atoms with Gasteiger partial charge in [-0.3, -0.25) is 14.9 Å². The largest absolute Gasteiger partial charge is 0.493 e. The Kier molecular flexibility index (Phi) is 8.11. The Balaban J connectivity index is 1.84. The first-order valence-corrected chi connectivity index (χ1v) is 11.2. The topological polar surface area (TPSA) is 84.9 Å². The van der Waals surface area contributed by atoms with Crippen LogP contribution >= 0.6 is 11.6 Å². The van der Waals surface area contributed by atoms with E-state index >= 15 is 0 Å². The summed E-state index contributed by atoms with van der Waals surface area (Å²) in [5.74, 6) is -0.433. The summed E-state index contributed by atoms with van der Waals surface area (Å²) in [6.07, 6.45) is 5.78. The fraction of sp³-hybridized carbons (Fsp3) is 0.320. The number of hydrogen-bond acceptors (Lipinski definition) is 5. The van der Waals surface area contributed by atoms with Crippen molar-refractivity contribution in [2.75, 3.05) is 18.6 Å². The molecule has 174 valence electrons. The van der Waals surface area contributed by atoms with Crippen molar-refractivity contribution >= 4 is 41.2 Å². The number of nitrogens with zero attached hydrogens (tertiary/aromatic N) is 1. The molecule has 0 bridgehead atoms. The van der Waals surface area contributed by atoms with E-state index in [0.29, 0.717) is 28.7 Å². The highest BCUT2D eigenvalue weighted by Crippen LogP contribution is 2.31. The van der Waals surface area contributed by atoms with E-state index in [0.717, 1.165) is 36.1 Å². The zero-order chi connectivity index (χ0) is 24.0. The molecule has 0 aliphatic carbocycles. The first kappa shape index (κ1) is 24.3. The molecule has 7 nitrogen and oxygen atoms in total. The van der Waals surface area contributed by atoms with Crippen molar-refractivity contribution in [1.29, 1.82) is 0 Å². The third kappa shape index (κ3) is 5.73. The first-order valence-electron chi connectivity index (χ1n) is 10.8. The van der Waals surface area contributed by atoms with E-state index in [9.17, 15) is 14.4 Å². The lowest BCUT2D eigenvalue weighted by molar-refractivity contribution is -0.122. The molecular weight excluding hydrogens is 444 g/mol. The lowest BCUT2D eigenvalue weighted by Gasteiger charge is -2.26.